The van der Waals surface area contributed by atoms with E-state index >= 15 is 0 Å². The van der Waals surface area contributed by atoms with Gasteiger partial charge in [0.2, 0.25) is 5.91 Å². The van der Waals surface area contributed by atoms with Gasteiger partial charge in [0.15, 0.2) is 0 Å². The van der Waals surface area contributed by atoms with E-state index in [4.69, 9.17) is 43.6 Å². The fourth-order valence-electron chi connectivity index (χ4n) is 2.62. The lowest BCUT2D eigenvalue weighted by Crippen LogP contribution is -2.33. The first-order valence-electron chi connectivity index (χ1n) is 12.0. The van der Waals surface area contributed by atoms with Crippen LogP contribution in [0.15, 0.2) is 12.2 Å². The van der Waals surface area contributed by atoms with Crippen molar-refractivity contribution in [1.29, 1.82) is 0 Å². The Bertz CT molecular complexity index is 601. The highest BCUT2D eigenvalue weighted by Gasteiger charge is 2.22. The van der Waals surface area contributed by atoms with Crippen molar-refractivity contribution in [2.24, 2.45) is 5.73 Å². The summed E-state index contributed by atoms with van der Waals surface area (Å²) in [6, 6.07) is 0. The monoisotopic (exact) mass is 520 g/mol. The van der Waals surface area contributed by atoms with Crippen LogP contribution in [-0.2, 0) is 52.3 Å². The van der Waals surface area contributed by atoms with Gasteiger partial charge in [0.25, 0.3) is 11.8 Å². The fourth-order valence-corrected chi connectivity index (χ4v) is 2.62. The molecule has 2 N–H and O–H groups in total. The second-order valence-corrected chi connectivity index (χ2v) is 7.28. The lowest BCUT2D eigenvalue weighted by Gasteiger charge is -2.13. The van der Waals surface area contributed by atoms with Gasteiger partial charge < -0.3 is 43.6 Å². The molecule has 36 heavy (non-hydrogen) atoms. The minimum Gasteiger partial charge on any atom is -0.379 e. The van der Waals surface area contributed by atoms with Crippen LogP contribution in [0.25, 0.3) is 0 Å². The summed E-state index contributed by atoms with van der Waals surface area (Å²) in [6.45, 7) is 7.11. The molecular weight excluding hydrogens is 480 g/mol. The van der Waals surface area contributed by atoms with E-state index in [2.05, 4.69) is 0 Å². The summed E-state index contributed by atoms with van der Waals surface area (Å²) in [4.78, 5) is 34.4. The molecule has 13 heteroatoms. The zero-order chi connectivity index (χ0) is 26.1. The molecule has 1 rings (SSSR count). The molecule has 0 saturated heterocycles. The molecule has 0 radical (unpaired) electrons. The molecule has 0 aromatic carbocycles. The summed E-state index contributed by atoms with van der Waals surface area (Å²) in [7, 11) is 0. The first kappa shape index (κ1) is 32.1. The van der Waals surface area contributed by atoms with Gasteiger partial charge in [0.05, 0.1) is 112 Å². The fraction of sp³-hybridized carbons (Fsp3) is 0.783. The van der Waals surface area contributed by atoms with Crippen molar-refractivity contribution >= 4 is 17.7 Å². The van der Waals surface area contributed by atoms with Gasteiger partial charge >= 0.3 is 0 Å². The molecule has 13 nitrogen and oxygen atoms in total. The van der Waals surface area contributed by atoms with Crippen LogP contribution >= 0.6 is 0 Å². The minimum atomic E-state index is -0.380. The van der Waals surface area contributed by atoms with Crippen LogP contribution in [0.3, 0.4) is 0 Å². The molecule has 208 valence electrons. The van der Waals surface area contributed by atoms with Gasteiger partial charge in [-0.05, 0) is 0 Å². The molecule has 0 atom stereocenters. The third-order valence-corrected chi connectivity index (χ3v) is 4.46. The predicted molar refractivity (Wildman–Crippen MR) is 126 cm³/mol. The van der Waals surface area contributed by atoms with E-state index in [1.807, 2.05) is 0 Å². The molecular formula is C23H40N2O11. The number of carbonyl (C=O) groups excluding carboxylic acids is 3. The van der Waals surface area contributed by atoms with Crippen LogP contribution in [-0.4, -0.2) is 135 Å². The van der Waals surface area contributed by atoms with E-state index in [9.17, 15) is 14.4 Å². The van der Waals surface area contributed by atoms with Crippen LogP contribution in [0.2, 0.25) is 0 Å². The van der Waals surface area contributed by atoms with Crippen molar-refractivity contribution in [2.75, 3.05) is 112 Å². The number of imide groups is 1. The quantitative estimate of drug-likeness (QED) is 0.104. The summed E-state index contributed by atoms with van der Waals surface area (Å²) < 4.78 is 42.8. The number of nitrogens with two attached hydrogens (primary N) is 1. The molecule has 0 fully saturated rings. The van der Waals surface area contributed by atoms with E-state index in [-0.39, 0.29) is 37.3 Å². The van der Waals surface area contributed by atoms with Crippen molar-refractivity contribution in [2.45, 2.75) is 6.42 Å². The van der Waals surface area contributed by atoms with Gasteiger partial charge in [-0.25, -0.2) is 0 Å². The van der Waals surface area contributed by atoms with E-state index in [1.165, 1.54) is 12.2 Å². The van der Waals surface area contributed by atoms with Gasteiger partial charge in [-0.2, -0.15) is 0 Å². The second kappa shape index (κ2) is 23.4. The van der Waals surface area contributed by atoms with Gasteiger partial charge in [-0.15, -0.1) is 0 Å². The Labute approximate surface area is 212 Å². The van der Waals surface area contributed by atoms with Crippen LogP contribution in [0.4, 0.5) is 0 Å². The smallest absolute Gasteiger partial charge is 0.253 e. The number of amides is 3. The van der Waals surface area contributed by atoms with E-state index < -0.39 is 0 Å². The number of hydrogen-bond acceptors (Lipinski definition) is 11. The molecule has 1 heterocycles. The van der Waals surface area contributed by atoms with Gasteiger partial charge in [-0.1, -0.05) is 0 Å². The maximum absolute atomic E-state index is 11.4. The van der Waals surface area contributed by atoms with Crippen LogP contribution in [0, 0.1) is 0 Å². The molecule has 1 aliphatic heterocycles. The Balaban J connectivity index is 1.66. The maximum atomic E-state index is 11.4. The number of hydrogen-bond donors (Lipinski definition) is 1. The van der Waals surface area contributed by atoms with Crippen molar-refractivity contribution in [3.8, 4) is 0 Å². The standard InChI is InChI=1S/C23H40N2O11/c24-21(26)3-5-29-7-9-31-11-13-33-15-17-35-19-20-36-18-16-34-14-12-32-10-8-30-6-4-25-22(27)1-2-23(25)28/h1-2H,3-20H2,(H2,24,26). The van der Waals surface area contributed by atoms with Crippen LogP contribution in [0.1, 0.15) is 6.42 Å². The van der Waals surface area contributed by atoms with Crippen molar-refractivity contribution < 1.29 is 52.3 Å². The highest BCUT2D eigenvalue weighted by molar-refractivity contribution is 6.12. The van der Waals surface area contributed by atoms with Crippen LogP contribution in [0.5, 0.6) is 0 Å². The van der Waals surface area contributed by atoms with Crippen molar-refractivity contribution in [3.63, 3.8) is 0 Å². The summed E-state index contributed by atoms with van der Waals surface area (Å²) in [6.07, 6.45) is 2.72. The Morgan fingerprint density at radius 3 is 1.11 bits per heavy atom. The first-order chi connectivity index (χ1) is 17.6. The lowest BCUT2D eigenvalue weighted by molar-refractivity contribution is -0.137. The third-order valence-electron chi connectivity index (χ3n) is 4.46. The molecule has 0 unspecified atom stereocenters. The minimum absolute atomic E-state index is 0.215. The van der Waals surface area contributed by atoms with E-state index in [1.54, 1.807) is 0 Å². The molecule has 0 saturated carbocycles. The zero-order valence-electron chi connectivity index (χ0n) is 20.9. The Morgan fingerprint density at radius 1 is 0.528 bits per heavy atom. The average Bonchev–Trinajstić information content (AvgIpc) is 3.18. The highest BCUT2D eigenvalue weighted by atomic mass is 16.6. The predicted octanol–water partition coefficient (Wildman–Crippen LogP) is -1.08. The number of primary amides is 1. The zero-order valence-corrected chi connectivity index (χ0v) is 20.9. The number of carbonyl (C=O) groups is 3. The van der Waals surface area contributed by atoms with E-state index in [0.717, 1.165) is 4.90 Å². The summed E-state index contributed by atoms with van der Waals surface area (Å²) >= 11 is 0. The van der Waals surface area contributed by atoms with Gasteiger partial charge in [0, 0.05) is 18.6 Å². The Kier molecular flexibility index (Phi) is 20.9. The molecule has 1 aliphatic rings. The largest absolute Gasteiger partial charge is 0.379 e. The van der Waals surface area contributed by atoms with Gasteiger partial charge in [0.1, 0.15) is 0 Å². The first-order valence-corrected chi connectivity index (χ1v) is 12.0. The summed E-state index contributed by atoms with van der Waals surface area (Å²) in [5, 5.41) is 0. The lowest BCUT2D eigenvalue weighted by atomic mass is 10.4. The highest BCUT2D eigenvalue weighted by Crippen LogP contribution is 2.02. The number of ether oxygens (including phenoxy) is 8. The van der Waals surface area contributed by atoms with E-state index in [0.29, 0.717) is 99.1 Å². The van der Waals surface area contributed by atoms with Crippen LogP contribution < -0.4 is 5.73 Å². The maximum Gasteiger partial charge on any atom is 0.253 e. The number of rotatable bonds is 27. The summed E-state index contributed by atoms with van der Waals surface area (Å²) in [5.74, 6) is -0.998. The van der Waals surface area contributed by atoms with Gasteiger partial charge in [-0.3, -0.25) is 19.3 Å². The Hall–Kier alpha value is -1.97. The van der Waals surface area contributed by atoms with Crippen molar-refractivity contribution in [3.05, 3.63) is 12.2 Å². The SMILES string of the molecule is NC(=O)CCOCCOCCOCCOCCOCCOCCOCCOCCN1C(=O)C=CC1=O. The molecule has 0 aromatic rings. The molecule has 0 spiro atoms. The number of nitrogens with zero attached hydrogens (tertiary/aromatic N) is 1. The normalized spacial score (nSPS) is 13.3. The topological polar surface area (TPSA) is 154 Å². The molecule has 0 aliphatic carbocycles. The molecule has 3 amide bonds. The Morgan fingerprint density at radius 2 is 0.806 bits per heavy atom. The average molecular weight is 521 g/mol. The van der Waals surface area contributed by atoms with Crippen molar-refractivity contribution in [1.82, 2.24) is 4.90 Å². The third kappa shape index (κ3) is 19.2. The summed E-state index contributed by atoms with van der Waals surface area (Å²) in [5.41, 5.74) is 5.00. The second-order valence-electron chi connectivity index (χ2n) is 7.28. The molecule has 0 bridgehead atoms. The molecule has 0 aromatic heterocycles.